The molecule has 2 rings (SSSR count). The summed E-state index contributed by atoms with van der Waals surface area (Å²) in [5.41, 5.74) is 3.86. The standard InChI is InChI=1S/C16H16BrN3/c1-20(9-7-15-4-2-3-8-19-15)16-6-5-13(11-17)10-14(16)12-18/h2-6,8,10H,7,9,11H2,1H3. The fourth-order valence-corrected chi connectivity index (χ4v) is 2.39. The Balaban J connectivity index is 2.09. The van der Waals surface area contributed by atoms with E-state index in [0.717, 1.165) is 35.2 Å². The Morgan fingerprint density at radius 2 is 2.15 bits per heavy atom. The number of alkyl halides is 1. The van der Waals surface area contributed by atoms with Crippen molar-refractivity contribution in [3.05, 3.63) is 59.4 Å². The largest absolute Gasteiger partial charge is 0.373 e. The Kier molecular flexibility index (Phi) is 5.14. The van der Waals surface area contributed by atoms with Crippen LogP contribution in [0.5, 0.6) is 0 Å². The van der Waals surface area contributed by atoms with Gasteiger partial charge in [0.2, 0.25) is 0 Å². The summed E-state index contributed by atoms with van der Waals surface area (Å²) in [6, 6.07) is 14.2. The Morgan fingerprint density at radius 1 is 1.30 bits per heavy atom. The summed E-state index contributed by atoms with van der Waals surface area (Å²) in [5, 5.41) is 10.0. The molecule has 0 unspecified atom stereocenters. The lowest BCUT2D eigenvalue weighted by atomic mass is 10.1. The van der Waals surface area contributed by atoms with Crippen LogP contribution in [0.15, 0.2) is 42.6 Å². The molecule has 0 N–H and O–H groups in total. The van der Waals surface area contributed by atoms with Crippen molar-refractivity contribution in [3.8, 4) is 6.07 Å². The molecule has 3 nitrogen and oxygen atoms in total. The van der Waals surface area contributed by atoms with Gasteiger partial charge >= 0.3 is 0 Å². The third-order valence-corrected chi connectivity index (χ3v) is 3.82. The number of benzene rings is 1. The van der Waals surface area contributed by atoms with Gasteiger partial charge in [-0.25, -0.2) is 0 Å². The number of halogens is 1. The van der Waals surface area contributed by atoms with Gasteiger partial charge in [-0.1, -0.05) is 28.1 Å². The smallest absolute Gasteiger partial charge is 0.101 e. The second kappa shape index (κ2) is 7.06. The van der Waals surface area contributed by atoms with E-state index in [0.29, 0.717) is 5.56 Å². The van der Waals surface area contributed by atoms with Crippen molar-refractivity contribution in [3.63, 3.8) is 0 Å². The van der Waals surface area contributed by atoms with Crippen molar-refractivity contribution in [1.29, 1.82) is 5.26 Å². The first-order chi connectivity index (χ1) is 9.74. The van der Waals surface area contributed by atoms with E-state index in [1.54, 1.807) is 6.20 Å². The molecule has 1 aromatic carbocycles. The molecule has 1 aromatic heterocycles. The highest BCUT2D eigenvalue weighted by Crippen LogP contribution is 2.21. The van der Waals surface area contributed by atoms with Crippen molar-refractivity contribution in [2.45, 2.75) is 11.8 Å². The average Bonchev–Trinajstić information content (AvgIpc) is 2.52. The number of anilines is 1. The number of rotatable bonds is 5. The van der Waals surface area contributed by atoms with E-state index >= 15 is 0 Å². The van der Waals surface area contributed by atoms with Crippen LogP contribution in [-0.2, 0) is 11.8 Å². The number of aromatic nitrogens is 1. The minimum absolute atomic E-state index is 0.713. The highest BCUT2D eigenvalue weighted by molar-refractivity contribution is 9.08. The van der Waals surface area contributed by atoms with Gasteiger partial charge in [0.25, 0.3) is 0 Å². The Hall–Kier alpha value is -1.86. The van der Waals surface area contributed by atoms with Gasteiger partial charge in [-0.05, 0) is 29.8 Å². The predicted molar refractivity (Wildman–Crippen MR) is 85.0 cm³/mol. The first kappa shape index (κ1) is 14.5. The number of hydrogen-bond donors (Lipinski definition) is 0. The van der Waals surface area contributed by atoms with Crippen molar-refractivity contribution in [1.82, 2.24) is 4.98 Å². The lowest BCUT2D eigenvalue weighted by Crippen LogP contribution is -2.21. The van der Waals surface area contributed by atoms with E-state index < -0.39 is 0 Å². The van der Waals surface area contributed by atoms with Crippen LogP contribution in [0.25, 0.3) is 0 Å². The molecule has 4 heteroatoms. The molecule has 0 fully saturated rings. The maximum absolute atomic E-state index is 9.27. The van der Waals surface area contributed by atoms with Crippen molar-refractivity contribution >= 4 is 21.6 Å². The Labute approximate surface area is 128 Å². The molecule has 0 aliphatic rings. The number of likely N-dealkylation sites (N-methyl/N-ethyl adjacent to an activating group) is 1. The molecule has 1 heterocycles. The molecular weight excluding hydrogens is 314 g/mol. The van der Waals surface area contributed by atoms with Crippen LogP contribution in [0.2, 0.25) is 0 Å². The third kappa shape index (κ3) is 3.58. The zero-order valence-corrected chi connectivity index (χ0v) is 13.0. The molecule has 2 aromatic rings. The van der Waals surface area contributed by atoms with Gasteiger partial charge < -0.3 is 4.90 Å². The molecular formula is C16H16BrN3. The fraction of sp³-hybridized carbons (Fsp3) is 0.250. The van der Waals surface area contributed by atoms with Gasteiger partial charge in [0.15, 0.2) is 0 Å². The molecule has 0 atom stereocenters. The van der Waals surface area contributed by atoms with E-state index in [-0.39, 0.29) is 0 Å². The zero-order chi connectivity index (χ0) is 14.4. The SMILES string of the molecule is CN(CCc1ccccn1)c1ccc(CBr)cc1C#N. The Bertz CT molecular complexity index is 605. The first-order valence-electron chi connectivity index (χ1n) is 6.44. The van der Waals surface area contributed by atoms with Gasteiger partial charge in [0, 0.05) is 37.2 Å². The van der Waals surface area contributed by atoms with E-state index in [9.17, 15) is 5.26 Å². The Morgan fingerprint density at radius 3 is 2.80 bits per heavy atom. The van der Waals surface area contributed by atoms with Crippen LogP contribution >= 0.6 is 15.9 Å². The fourth-order valence-electron chi connectivity index (χ4n) is 2.04. The highest BCUT2D eigenvalue weighted by atomic mass is 79.9. The normalized spacial score (nSPS) is 10.1. The molecule has 0 spiro atoms. The van der Waals surface area contributed by atoms with Crippen LogP contribution < -0.4 is 4.90 Å². The van der Waals surface area contributed by atoms with Crippen LogP contribution in [0, 0.1) is 11.3 Å². The van der Waals surface area contributed by atoms with Gasteiger partial charge in [0.05, 0.1) is 11.3 Å². The molecule has 0 saturated carbocycles. The zero-order valence-electron chi connectivity index (χ0n) is 11.4. The maximum Gasteiger partial charge on any atom is 0.101 e. The predicted octanol–water partition coefficient (Wildman–Crippen LogP) is 3.53. The summed E-state index contributed by atoms with van der Waals surface area (Å²) in [4.78, 5) is 6.42. The van der Waals surface area contributed by atoms with E-state index in [2.05, 4.69) is 31.9 Å². The topological polar surface area (TPSA) is 39.9 Å². The molecule has 0 aliphatic heterocycles. The number of nitrogens with zero attached hydrogens (tertiary/aromatic N) is 3. The summed E-state index contributed by atoms with van der Waals surface area (Å²) in [7, 11) is 2.01. The van der Waals surface area contributed by atoms with Crippen molar-refractivity contribution < 1.29 is 0 Å². The minimum atomic E-state index is 0.713. The summed E-state index contributed by atoms with van der Waals surface area (Å²) >= 11 is 3.41. The first-order valence-corrected chi connectivity index (χ1v) is 7.57. The minimum Gasteiger partial charge on any atom is -0.373 e. The van der Waals surface area contributed by atoms with Gasteiger partial charge in [-0.15, -0.1) is 0 Å². The van der Waals surface area contributed by atoms with Gasteiger partial charge in [-0.2, -0.15) is 5.26 Å². The van der Waals surface area contributed by atoms with E-state index in [1.165, 1.54) is 0 Å². The molecule has 0 aliphatic carbocycles. The summed E-state index contributed by atoms with van der Waals surface area (Å²) in [6.07, 6.45) is 2.67. The molecule has 0 amide bonds. The van der Waals surface area contributed by atoms with Crippen molar-refractivity contribution in [2.24, 2.45) is 0 Å². The maximum atomic E-state index is 9.27. The summed E-state index contributed by atoms with van der Waals surface area (Å²) in [6.45, 7) is 0.833. The van der Waals surface area contributed by atoms with Crippen molar-refractivity contribution in [2.75, 3.05) is 18.5 Å². The molecule has 0 bridgehead atoms. The monoisotopic (exact) mass is 329 g/mol. The number of pyridine rings is 1. The lowest BCUT2D eigenvalue weighted by Gasteiger charge is -2.20. The van der Waals surface area contributed by atoms with Crippen LogP contribution in [0.1, 0.15) is 16.8 Å². The molecule has 0 saturated heterocycles. The highest BCUT2D eigenvalue weighted by Gasteiger charge is 2.08. The van der Waals surface area contributed by atoms with E-state index in [4.69, 9.17) is 0 Å². The van der Waals surface area contributed by atoms with Crippen LogP contribution in [-0.4, -0.2) is 18.6 Å². The molecule has 0 radical (unpaired) electrons. The lowest BCUT2D eigenvalue weighted by molar-refractivity contribution is 0.851. The molecule has 20 heavy (non-hydrogen) atoms. The summed E-state index contributed by atoms with van der Waals surface area (Å²) < 4.78 is 0. The second-order valence-electron chi connectivity index (χ2n) is 4.59. The summed E-state index contributed by atoms with van der Waals surface area (Å²) in [5.74, 6) is 0. The van der Waals surface area contributed by atoms with Gasteiger partial charge in [-0.3, -0.25) is 4.98 Å². The second-order valence-corrected chi connectivity index (χ2v) is 5.15. The number of hydrogen-bond acceptors (Lipinski definition) is 3. The quantitative estimate of drug-likeness (QED) is 0.788. The number of nitriles is 1. The molecule has 102 valence electrons. The van der Waals surface area contributed by atoms with Crippen LogP contribution in [0.3, 0.4) is 0 Å². The average molecular weight is 330 g/mol. The third-order valence-electron chi connectivity index (χ3n) is 3.18. The van der Waals surface area contributed by atoms with E-state index in [1.807, 2.05) is 43.4 Å². The van der Waals surface area contributed by atoms with Crippen LogP contribution in [0.4, 0.5) is 5.69 Å². The van der Waals surface area contributed by atoms with Gasteiger partial charge in [0.1, 0.15) is 6.07 Å².